The van der Waals surface area contributed by atoms with Gasteiger partial charge in [-0.1, -0.05) is 37.5 Å². The minimum absolute atomic E-state index is 0.0130. The SMILES string of the molecule is CC(C)(C)OC(=O)n1cc(CCNC(=O)CN(CCC2OCCO2)C(=O)C2CCCCC2)c2ccccc21. The number of amides is 2. The van der Waals surface area contributed by atoms with Gasteiger partial charge in [0.25, 0.3) is 0 Å². The number of benzene rings is 1. The number of fused-ring (bicyclic) bond motifs is 1. The number of para-hydroxylation sites is 1. The number of ether oxygens (including phenoxy) is 3. The number of hydrogen-bond donors (Lipinski definition) is 1. The summed E-state index contributed by atoms with van der Waals surface area (Å²) >= 11 is 0. The van der Waals surface area contributed by atoms with Crippen LogP contribution in [0.2, 0.25) is 0 Å². The first-order chi connectivity index (χ1) is 18.2. The summed E-state index contributed by atoms with van der Waals surface area (Å²) in [5.41, 5.74) is 1.11. The Labute approximate surface area is 224 Å². The van der Waals surface area contributed by atoms with Crippen molar-refractivity contribution in [2.75, 3.05) is 32.8 Å². The molecular weight excluding hydrogens is 486 g/mol. The highest BCUT2D eigenvalue weighted by atomic mass is 16.7. The predicted molar refractivity (Wildman–Crippen MR) is 144 cm³/mol. The second-order valence-electron chi connectivity index (χ2n) is 11.2. The zero-order valence-electron chi connectivity index (χ0n) is 22.9. The number of hydrogen-bond acceptors (Lipinski definition) is 6. The first-order valence-electron chi connectivity index (χ1n) is 13.8. The van der Waals surface area contributed by atoms with Crippen LogP contribution in [0.3, 0.4) is 0 Å². The summed E-state index contributed by atoms with van der Waals surface area (Å²) in [4.78, 5) is 40.6. The summed E-state index contributed by atoms with van der Waals surface area (Å²) in [5.74, 6) is -0.155. The van der Waals surface area contributed by atoms with Crippen LogP contribution in [-0.4, -0.2) is 72.1 Å². The molecule has 2 fully saturated rings. The Kier molecular flexibility index (Phi) is 9.44. The lowest BCUT2D eigenvalue weighted by Gasteiger charge is -2.29. The van der Waals surface area contributed by atoms with Gasteiger partial charge in [-0.25, -0.2) is 4.79 Å². The first kappa shape index (κ1) is 28.1. The lowest BCUT2D eigenvalue weighted by atomic mass is 9.88. The summed E-state index contributed by atoms with van der Waals surface area (Å²) < 4.78 is 18.2. The van der Waals surface area contributed by atoms with Crippen LogP contribution in [0, 0.1) is 5.92 Å². The number of rotatable bonds is 9. The van der Waals surface area contributed by atoms with Crippen LogP contribution < -0.4 is 5.32 Å². The Morgan fingerprint density at radius 1 is 1.08 bits per heavy atom. The van der Waals surface area contributed by atoms with Crippen LogP contribution in [0.4, 0.5) is 4.79 Å². The molecule has 0 bridgehead atoms. The van der Waals surface area contributed by atoms with Crippen LogP contribution in [0.1, 0.15) is 64.9 Å². The van der Waals surface area contributed by atoms with Gasteiger partial charge in [0.2, 0.25) is 11.8 Å². The Morgan fingerprint density at radius 3 is 2.50 bits per heavy atom. The standard InChI is InChI=1S/C29H41N3O6/c1-29(2,3)38-28(35)32-19-22(23-11-7-8-12-24(23)32)13-15-30-25(33)20-31(16-14-26-36-17-18-37-26)27(34)21-9-5-4-6-10-21/h7-8,11-12,19,21,26H,4-6,9-10,13-18,20H2,1-3H3,(H,30,33). The molecule has 0 unspecified atom stereocenters. The van der Waals surface area contributed by atoms with Crippen LogP contribution in [0.25, 0.3) is 10.9 Å². The summed E-state index contributed by atoms with van der Waals surface area (Å²) in [6.07, 6.45) is 7.18. The average Bonchev–Trinajstić information content (AvgIpc) is 3.54. The summed E-state index contributed by atoms with van der Waals surface area (Å²) in [5, 5.41) is 3.91. The van der Waals surface area contributed by atoms with Crippen molar-refractivity contribution in [3.05, 3.63) is 36.0 Å². The fraction of sp³-hybridized carbons (Fsp3) is 0.621. The minimum Gasteiger partial charge on any atom is -0.443 e. The topological polar surface area (TPSA) is 99.1 Å². The molecular formula is C29H41N3O6. The number of nitrogens with one attached hydrogen (secondary N) is 1. The van der Waals surface area contributed by atoms with Gasteiger partial charge in [-0.3, -0.25) is 14.2 Å². The molecule has 2 amide bonds. The third-order valence-electron chi connectivity index (χ3n) is 7.03. The van der Waals surface area contributed by atoms with E-state index in [9.17, 15) is 14.4 Å². The van der Waals surface area contributed by atoms with Crippen molar-refractivity contribution in [1.82, 2.24) is 14.8 Å². The van der Waals surface area contributed by atoms with E-state index in [1.165, 1.54) is 11.0 Å². The van der Waals surface area contributed by atoms with Gasteiger partial charge >= 0.3 is 6.09 Å². The highest BCUT2D eigenvalue weighted by Gasteiger charge is 2.28. The maximum absolute atomic E-state index is 13.3. The van der Waals surface area contributed by atoms with E-state index in [0.29, 0.717) is 39.1 Å². The van der Waals surface area contributed by atoms with Gasteiger partial charge in [-0.2, -0.15) is 0 Å². The van der Waals surface area contributed by atoms with E-state index < -0.39 is 11.7 Å². The average molecular weight is 528 g/mol. The van der Waals surface area contributed by atoms with Crippen molar-refractivity contribution in [2.45, 2.75) is 77.6 Å². The van der Waals surface area contributed by atoms with E-state index in [1.54, 1.807) is 11.1 Å². The maximum atomic E-state index is 13.3. The zero-order chi connectivity index (χ0) is 27.1. The molecule has 1 saturated carbocycles. The number of nitrogens with zero attached hydrogens (tertiary/aromatic N) is 2. The maximum Gasteiger partial charge on any atom is 0.419 e. The van der Waals surface area contributed by atoms with Gasteiger partial charge in [-0.05, 0) is 51.7 Å². The zero-order valence-corrected chi connectivity index (χ0v) is 22.9. The van der Waals surface area contributed by atoms with E-state index in [1.807, 2.05) is 45.0 Å². The fourth-order valence-electron chi connectivity index (χ4n) is 5.19. The largest absolute Gasteiger partial charge is 0.443 e. The van der Waals surface area contributed by atoms with Gasteiger partial charge in [0.05, 0.1) is 25.3 Å². The van der Waals surface area contributed by atoms with E-state index in [-0.39, 0.29) is 30.6 Å². The van der Waals surface area contributed by atoms with Gasteiger partial charge in [0.1, 0.15) is 5.60 Å². The van der Waals surface area contributed by atoms with Crippen molar-refractivity contribution < 1.29 is 28.6 Å². The fourth-order valence-corrected chi connectivity index (χ4v) is 5.19. The third-order valence-corrected chi connectivity index (χ3v) is 7.03. The summed E-state index contributed by atoms with van der Waals surface area (Å²) in [6.45, 7) is 7.47. The number of aromatic nitrogens is 1. The number of carbonyl (C=O) groups excluding carboxylic acids is 3. The van der Waals surface area contributed by atoms with Gasteiger partial charge in [-0.15, -0.1) is 0 Å². The Morgan fingerprint density at radius 2 is 1.79 bits per heavy atom. The molecule has 1 aliphatic heterocycles. The molecule has 2 aliphatic rings. The molecule has 0 atom stereocenters. The smallest absolute Gasteiger partial charge is 0.419 e. The summed E-state index contributed by atoms with van der Waals surface area (Å²) in [7, 11) is 0. The van der Waals surface area contributed by atoms with Crippen molar-refractivity contribution in [2.24, 2.45) is 5.92 Å². The van der Waals surface area contributed by atoms with Crippen molar-refractivity contribution in [1.29, 1.82) is 0 Å². The molecule has 1 N–H and O–H groups in total. The molecule has 1 saturated heterocycles. The van der Waals surface area contributed by atoms with E-state index >= 15 is 0 Å². The van der Waals surface area contributed by atoms with Crippen molar-refractivity contribution in [3.63, 3.8) is 0 Å². The predicted octanol–water partition coefficient (Wildman–Crippen LogP) is 4.26. The molecule has 1 aromatic heterocycles. The molecule has 2 aromatic rings. The van der Waals surface area contributed by atoms with Crippen molar-refractivity contribution >= 4 is 28.8 Å². The van der Waals surface area contributed by atoms with Gasteiger partial charge in [0, 0.05) is 37.0 Å². The highest BCUT2D eigenvalue weighted by Crippen LogP contribution is 2.26. The normalized spacial score (nSPS) is 17.0. The van der Waals surface area contributed by atoms with Crippen LogP contribution >= 0.6 is 0 Å². The third kappa shape index (κ3) is 7.57. The van der Waals surface area contributed by atoms with Crippen LogP contribution in [0.5, 0.6) is 0 Å². The Bertz CT molecular complexity index is 1110. The molecule has 208 valence electrons. The van der Waals surface area contributed by atoms with Gasteiger partial charge in [0.15, 0.2) is 6.29 Å². The highest BCUT2D eigenvalue weighted by molar-refractivity contribution is 5.92. The summed E-state index contributed by atoms with van der Waals surface area (Å²) in [6, 6.07) is 7.66. The van der Waals surface area contributed by atoms with E-state index in [4.69, 9.17) is 14.2 Å². The molecule has 0 spiro atoms. The molecule has 9 heteroatoms. The molecule has 0 radical (unpaired) electrons. The second kappa shape index (κ2) is 12.8. The van der Waals surface area contributed by atoms with Crippen LogP contribution in [0.15, 0.2) is 30.5 Å². The van der Waals surface area contributed by atoms with E-state index in [0.717, 1.165) is 42.1 Å². The molecule has 9 nitrogen and oxygen atoms in total. The van der Waals surface area contributed by atoms with Gasteiger partial charge < -0.3 is 24.4 Å². The molecule has 1 aromatic carbocycles. The molecule has 38 heavy (non-hydrogen) atoms. The Hall–Kier alpha value is -2.91. The van der Waals surface area contributed by atoms with Crippen molar-refractivity contribution in [3.8, 4) is 0 Å². The van der Waals surface area contributed by atoms with E-state index in [2.05, 4.69) is 5.32 Å². The lowest BCUT2D eigenvalue weighted by Crippen LogP contribution is -2.45. The second-order valence-corrected chi connectivity index (χ2v) is 11.2. The lowest BCUT2D eigenvalue weighted by molar-refractivity contribution is -0.141. The molecule has 1 aliphatic carbocycles. The number of carbonyl (C=O) groups is 3. The Balaban J connectivity index is 1.36. The monoisotopic (exact) mass is 527 g/mol. The quantitative estimate of drug-likeness (QED) is 0.523. The molecule has 2 heterocycles. The minimum atomic E-state index is -0.604. The molecule has 4 rings (SSSR count). The first-order valence-corrected chi connectivity index (χ1v) is 13.8. The van der Waals surface area contributed by atoms with Crippen LogP contribution in [-0.2, 0) is 30.2 Å².